The second-order valence-electron chi connectivity index (χ2n) is 5.78. The molecule has 21 heavy (non-hydrogen) atoms. The zero-order valence-corrected chi connectivity index (χ0v) is 12.9. The number of nitrogens with zero attached hydrogens (tertiary/aromatic N) is 2. The summed E-state index contributed by atoms with van der Waals surface area (Å²) in [7, 11) is -2.98. The maximum Gasteiger partial charge on any atom is 0.154 e. The Morgan fingerprint density at radius 2 is 2.24 bits per heavy atom. The maximum atomic E-state index is 11.7. The maximum absolute atomic E-state index is 11.7. The Hall–Kier alpha value is -1.76. The second-order valence-corrected chi connectivity index (χ2v) is 8.01. The smallest absolute Gasteiger partial charge is 0.154 e. The van der Waals surface area contributed by atoms with E-state index in [4.69, 9.17) is 10.2 Å². The molecule has 2 N–H and O–H groups in total. The summed E-state index contributed by atoms with van der Waals surface area (Å²) in [5.41, 5.74) is 7.86. The third kappa shape index (κ3) is 2.46. The molecule has 6 nitrogen and oxygen atoms in total. The van der Waals surface area contributed by atoms with Crippen LogP contribution >= 0.6 is 0 Å². The highest BCUT2D eigenvalue weighted by Gasteiger charge is 2.33. The molecule has 3 heterocycles. The minimum absolute atomic E-state index is 0.105. The monoisotopic (exact) mass is 309 g/mol. The van der Waals surface area contributed by atoms with Gasteiger partial charge in [-0.05, 0) is 24.5 Å². The van der Waals surface area contributed by atoms with Crippen LogP contribution in [0.4, 0.5) is 5.82 Å². The summed E-state index contributed by atoms with van der Waals surface area (Å²) in [5, 5.41) is 4.55. The van der Waals surface area contributed by atoms with E-state index in [0.29, 0.717) is 23.7 Å². The van der Waals surface area contributed by atoms with Crippen molar-refractivity contribution in [3.05, 3.63) is 24.0 Å². The summed E-state index contributed by atoms with van der Waals surface area (Å²) in [6.45, 7) is 4.07. The molecule has 114 valence electrons. The summed E-state index contributed by atoms with van der Waals surface area (Å²) in [5.74, 6) is 1.68. The molecule has 3 rings (SSSR count). The molecule has 1 aliphatic heterocycles. The third-order valence-corrected chi connectivity index (χ3v) is 5.62. The SMILES string of the molecule is CC(C)c1c(-c2ccco2)nn(C2CCS(=O)(=O)C2)c1N. The van der Waals surface area contributed by atoms with E-state index in [1.54, 1.807) is 17.0 Å². The predicted molar refractivity (Wildman–Crippen MR) is 80.7 cm³/mol. The highest BCUT2D eigenvalue weighted by molar-refractivity contribution is 7.91. The average molecular weight is 309 g/mol. The van der Waals surface area contributed by atoms with E-state index in [2.05, 4.69) is 5.10 Å². The molecule has 0 bridgehead atoms. The molecule has 1 aliphatic rings. The van der Waals surface area contributed by atoms with Crippen LogP contribution < -0.4 is 5.73 Å². The van der Waals surface area contributed by atoms with Gasteiger partial charge in [0.05, 0.1) is 23.8 Å². The first-order valence-electron chi connectivity index (χ1n) is 7.01. The number of nitrogen functional groups attached to an aromatic ring is 1. The first kappa shape index (κ1) is 14.2. The van der Waals surface area contributed by atoms with Crippen molar-refractivity contribution in [2.45, 2.75) is 32.2 Å². The van der Waals surface area contributed by atoms with Crippen LogP contribution in [0.25, 0.3) is 11.5 Å². The average Bonchev–Trinajstić information content (AvgIpc) is 3.07. The van der Waals surface area contributed by atoms with Gasteiger partial charge in [-0.25, -0.2) is 13.1 Å². The lowest BCUT2D eigenvalue weighted by Gasteiger charge is -2.11. The van der Waals surface area contributed by atoms with Crippen molar-refractivity contribution < 1.29 is 12.8 Å². The Morgan fingerprint density at radius 3 is 2.76 bits per heavy atom. The number of anilines is 1. The number of rotatable bonds is 3. The van der Waals surface area contributed by atoms with Gasteiger partial charge in [-0.1, -0.05) is 13.8 Å². The minimum atomic E-state index is -2.98. The summed E-state index contributed by atoms with van der Waals surface area (Å²) in [6.07, 6.45) is 2.15. The van der Waals surface area contributed by atoms with Crippen molar-refractivity contribution in [2.75, 3.05) is 17.2 Å². The Morgan fingerprint density at radius 1 is 1.48 bits per heavy atom. The Labute approximate surface area is 123 Å². The van der Waals surface area contributed by atoms with Crippen molar-refractivity contribution in [2.24, 2.45) is 0 Å². The van der Waals surface area contributed by atoms with Crippen LogP contribution in [-0.4, -0.2) is 29.7 Å². The minimum Gasteiger partial charge on any atom is -0.463 e. The van der Waals surface area contributed by atoms with Gasteiger partial charge in [0.1, 0.15) is 11.5 Å². The molecule has 1 saturated heterocycles. The first-order chi connectivity index (χ1) is 9.89. The molecule has 1 atom stereocenters. The largest absolute Gasteiger partial charge is 0.463 e. The number of sulfone groups is 1. The van der Waals surface area contributed by atoms with Crippen molar-refractivity contribution in [1.29, 1.82) is 0 Å². The molecule has 7 heteroatoms. The van der Waals surface area contributed by atoms with E-state index in [9.17, 15) is 8.42 Å². The fourth-order valence-electron chi connectivity index (χ4n) is 2.87. The Balaban J connectivity index is 2.09. The lowest BCUT2D eigenvalue weighted by Crippen LogP contribution is -2.15. The van der Waals surface area contributed by atoms with Crippen LogP contribution in [0.5, 0.6) is 0 Å². The van der Waals surface area contributed by atoms with E-state index in [0.717, 1.165) is 5.56 Å². The molecule has 1 unspecified atom stereocenters. The van der Waals surface area contributed by atoms with E-state index >= 15 is 0 Å². The van der Waals surface area contributed by atoms with Crippen molar-refractivity contribution in [1.82, 2.24) is 9.78 Å². The molecule has 1 fully saturated rings. The molecule has 2 aromatic heterocycles. The lowest BCUT2D eigenvalue weighted by atomic mass is 10.0. The highest BCUT2D eigenvalue weighted by atomic mass is 32.2. The molecule has 0 aliphatic carbocycles. The quantitative estimate of drug-likeness (QED) is 0.938. The first-order valence-corrected chi connectivity index (χ1v) is 8.83. The molecule has 2 aromatic rings. The van der Waals surface area contributed by atoms with Gasteiger partial charge in [-0.2, -0.15) is 5.10 Å². The van der Waals surface area contributed by atoms with Crippen LogP contribution in [0.15, 0.2) is 22.8 Å². The topological polar surface area (TPSA) is 91.1 Å². The van der Waals surface area contributed by atoms with E-state index < -0.39 is 9.84 Å². The van der Waals surface area contributed by atoms with Crippen LogP contribution in [0.3, 0.4) is 0 Å². The number of aromatic nitrogens is 2. The lowest BCUT2D eigenvalue weighted by molar-refractivity contribution is 0.504. The number of hydrogen-bond donors (Lipinski definition) is 1. The Bertz CT molecular complexity index is 745. The van der Waals surface area contributed by atoms with E-state index in [-0.39, 0.29) is 23.5 Å². The second kappa shape index (κ2) is 4.91. The van der Waals surface area contributed by atoms with E-state index in [1.807, 2.05) is 19.9 Å². The normalized spacial score (nSPS) is 21.2. The van der Waals surface area contributed by atoms with Gasteiger partial charge < -0.3 is 10.2 Å². The zero-order valence-electron chi connectivity index (χ0n) is 12.1. The van der Waals surface area contributed by atoms with Gasteiger partial charge in [-0.3, -0.25) is 0 Å². The van der Waals surface area contributed by atoms with Gasteiger partial charge in [0.2, 0.25) is 0 Å². The number of hydrogen-bond acceptors (Lipinski definition) is 5. The van der Waals surface area contributed by atoms with Crippen LogP contribution in [-0.2, 0) is 9.84 Å². The van der Waals surface area contributed by atoms with Crippen LogP contribution in [0.1, 0.15) is 37.8 Å². The van der Waals surface area contributed by atoms with Crippen molar-refractivity contribution in [3.8, 4) is 11.5 Å². The van der Waals surface area contributed by atoms with Gasteiger partial charge in [0.25, 0.3) is 0 Å². The molecular weight excluding hydrogens is 290 g/mol. The van der Waals surface area contributed by atoms with Gasteiger partial charge >= 0.3 is 0 Å². The highest BCUT2D eigenvalue weighted by Crippen LogP contribution is 2.36. The van der Waals surface area contributed by atoms with Gasteiger partial charge in [0.15, 0.2) is 15.6 Å². The fraction of sp³-hybridized carbons (Fsp3) is 0.500. The molecule has 0 radical (unpaired) electrons. The molecule has 0 spiro atoms. The molecular formula is C14H19N3O3S. The van der Waals surface area contributed by atoms with Crippen LogP contribution in [0, 0.1) is 0 Å². The van der Waals surface area contributed by atoms with Crippen molar-refractivity contribution in [3.63, 3.8) is 0 Å². The summed E-state index contributed by atoms with van der Waals surface area (Å²) in [6, 6.07) is 3.45. The molecule has 0 amide bonds. The van der Waals surface area contributed by atoms with Crippen LogP contribution in [0.2, 0.25) is 0 Å². The van der Waals surface area contributed by atoms with Crippen molar-refractivity contribution >= 4 is 15.7 Å². The molecule has 0 aromatic carbocycles. The third-order valence-electron chi connectivity index (χ3n) is 3.87. The van der Waals surface area contributed by atoms with Gasteiger partial charge in [-0.15, -0.1) is 0 Å². The Kier molecular flexibility index (Phi) is 3.32. The molecule has 0 saturated carbocycles. The predicted octanol–water partition coefficient (Wildman–Crippen LogP) is 2.21. The van der Waals surface area contributed by atoms with E-state index in [1.165, 1.54) is 0 Å². The zero-order chi connectivity index (χ0) is 15.2. The number of furan rings is 1. The summed E-state index contributed by atoms with van der Waals surface area (Å²) in [4.78, 5) is 0. The number of nitrogens with two attached hydrogens (primary N) is 1. The standard InChI is InChI=1S/C14H19N3O3S/c1-9(2)12-13(11-4-3-6-20-11)16-17(14(12)15)10-5-7-21(18,19)8-10/h3-4,6,9-10H,5,7-8,15H2,1-2H3. The summed E-state index contributed by atoms with van der Waals surface area (Å²) < 4.78 is 30.5. The fourth-order valence-corrected chi connectivity index (χ4v) is 4.56. The van der Waals surface area contributed by atoms with Gasteiger partial charge in [0, 0.05) is 5.56 Å². The summed E-state index contributed by atoms with van der Waals surface area (Å²) >= 11 is 0.